The average molecular weight is 356 g/mol. The van der Waals surface area contributed by atoms with Gasteiger partial charge in [0, 0.05) is 12.1 Å². The predicted molar refractivity (Wildman–Crippen MR) is 93.9 cm³/mol. The van der Waals surface area contributed by atoms with Crippen molar-refractivity contribution in [3.63, 3.8) is 0 Å². The molecule has 0 bridgehead atoms. The van der Waals surface area contributed by atoms with Gasteiger partial charge in [-0.15, -0.1) is 0 Å². The van der Waals surface area contributed by atoms with Crippen LogP contribution in [-0.2, 0) is 0 Å². The minimum Gasteiger partial charge on any atom is -0.454 e. The lowest BCUT2D eigenvalue weighted by atomic mass is 10.0. The fourth-order valence-electron chi connectivity index (χ4n) is 3.05. The first-order valence-corrected chi connectivity index (χ1v) is 8.35. The molecule has 2 aliphatic heterocycles. The number of amides is 1. The van der Waals surface area contributed by atoms with Gasteiger partial charge in [-0.05, 0) is 50.0 Å². The molecule has 2 aliphatic rings. The molecule has 26 heavy (non-hydrogen) atoms. The monoisotopic (exact) mass is 356 g/mol. The average Bonchev–Trinajstić information content (AvgIpc) is 3.29. The summed E-state index contributed by atoms with van der Waals surface area (Å²) >= 11 is 0. The molecule has 2 aromatic rings. The Balaban J connectivity index is 1.46. The van der Waals surface area contributed by atoms with E-state index in [0.29, 0.717) is 23.6 Å². The summed E-state index contributed by atoms with van der Waals surface area (Å²) in [5.74, 6) is 2.58. The Morgan fingerprint density at radius 1 is 0.962 bits per heavy atom. The first-order valence-electron chi connectivity index (χ1n) is 8.35. The Bertz CT molecular complexity index is 837. The standard InChI is InChI=1S/C19H20N2O5/c1-21(2)14(12-3-5-15-17(7-12)25-10-23-15)9-20-19(22)13-4-6-16-18(8-13)26-11-24-16/h3-8,14H,9-11H2,1-2H3,(H,20,22). The Labute approximate surface area is 151 Å². The summed E-state index contributed by atoms with van der Waals surface area (Å²) < 4.78 is 21.4. The summed E-state index contributed by atoms with van der Waals surface area (Å²) in [4.78, 5) is 14.6. The van der Waals surface area contributed by atoms with Crippen molar-refractivity contribution in [3.05, 3.63) is 47.5 Å². The van der Waals surface area contributed by atoms with E-state index in [1.54, 1.807) is 18.2 Å². The highest BCUT2D eigenvalue weighted by molar-refractivity contribution is 5.95. The van der Waals surface area contributed by atoms with Crippen LogP contribution in [0, 0.1) is 0 Å². The van der Waals surface area contributed by atoms with E-state index in [4.69, 9.17) is 18.9 Å². The third-order valence-electron chi connectivity index (χ3n) is 4.50. The smallest absolute Gasteiger partial charge is 0.251 e. The number of likely N-dealkylation sites (N-methyl/N-ethyl adjacent to an activating group) is 1. The maximum absolute atomic E-state index is 12.5. The van der Waals surface area contributed by atoms with Gasteiger partial charge in [-0.3, -0.25) is 4.79 Å². The quantitative estimate of drug-likeness (QED) is 0.886. The van der Waals surface area contributed by atoms with Crippen LogP contribution in [0.3, 0.4) is 0 Å². The van der Waals surface area contributed by atoms with E-state index >= 15 is 0 Å². The van der Waals surface area contributed by atoms with E-state index in [0.717, 1.165) is 17.1 Å². The van der Waals surface area contributed by atoms with Gasteiger partial charge >= 0.3 is 0 Å². The van der Waals surface area contributed by atoms with Gasteiger partial charge < -0.3 is 29.2 Å². The molecule has 1 N–H and O–H groups in total. The molecule has 7 nitrogen and oxygen atoms in total. The number of hydrogen-bond donors (Lipinski definition) is 1. The van der Waals surface area contributed by atoms with E-state index in [1.165, 1.54) is 0 Å². The molecule has 0 saturated carbocycles. The number of nitrogens with zero attached hydrogens (tertiary/aromatic N) is 1. The molecule has 2 heterocycles. The van der Waals surface area contributed by atoms with Crippen LogP contribution in [0.1, 0.15) is 22.0 Å². The summed E-state index contributed by atoms with van der Waals surface area (Å²) in [6, 6.07) is 11.0. The molecular formula is C19H20N2O5. The first kappa shape index (κ1) is 16.5. The fraction of sp³-hybridized carbons (Fsp3) is 0.316. The summed E-state index contributed by atoms with van der Waals surface area (Å²) in [6.45, 7) is 0.888. The van der Waals surface area contributed by atoms with Crippen molar-refractivity contribution >= 4 is 5.91 Å². The number of nitrogens with one attached hydrogen (secondary N) is 1. The zero-order valence-corrected chi connectivity index (χ0v) is 14.7. The minimum absolute atomic E-state index is 0.00228. The lowest BCUT2D eigenvalue weighted by molar-refractivity contribution is 0.0941. The van der Waals surface area contributed by atoms with Gasteiger partial charge in [-0.2, -0.15) is 0 Å². The second kappa shape index (κ2) is 6.76. The number of rotatable bonds is 5. The SMILES string of the molecule is CN(C)C(CNC(=O)c1ccc2c(c1)OCO2)c1ccc2c(c1)OCO2. The van der Waals surface area contributed by atoms with Crippen LogP contribution in [0.5, 0.6) is 23.0 Å². The van der Waals surface area contributed by atoms with Crippen molar-refractivity contribution in [1.82, 2.24) is 10.2 Å². The van der Waals surface area contributed by atoms with Crippen molar-refractivity contribution in [3.8, 4) is 23.0 Å². The van der Waals surface area contributed by atoms with E-state index in [-0.39, 0.29) is 25.5 Å². The van der Waals surface area contributed by atoms with E-state index in [1.807, 2.05) is 32.3 Å². The second-order valence-electron chi connectivity index (χ2n) is 6.37. The van der Waals surface area contributed by atoms with Gasteiger partial charge in [-0.25, -0.2) is 0 Å². The maximum atomic E-state index is 12.5. The number of benzene rings is 2. The molecular weight excluding hydrogens is 336 g/mol. The highest BCUT2D eigenvalue weighted by atomic mass is 16.7. The molecule has 0 saturated heterocycles. The van der Waals surface area contributed by atoms with Gasteiger partial charge in [0.25, 0.3) is 5.91 Å². The van der Waals surface area contributed by atoms with Crippen LogP contribution in [-0.4, -0.2) is 45.0 Å². The molecule has 0 aromatic heterocycles. The number of carbonyl (C=O) groups is 1. The zero-order valence-electron chi connectivity index (χ0n) is 14.7. The number of carbonyl (C=O) groups excluding carboxylic acids is 1. The molecule has 1 amide bonds. The van der Waals surface area contributed by atoms with E-state index in [9.17, 15) is 4.79 Å². The molecule has 136 valence electrons. The van der Waals surface area contributed by atoms with Crippen LogP contribution in [0.2, 0.25) is 0 Å². The topological polar surface area (TPSA) is 69.3 Å². The molecule has 0 spiro atoms. The highest BCUT2D eigenvalue weighted by Gasteiger charge is 2.21. The van der Waals surface area contributed by atoms with E-state index in [2.05, 4.69) is 10.2 Å². The lowest BCUT2D eigenvalue weighted by Gasteiger charge is -2.25. The van der Waals surface area contributed by atoms with E-state index < -0.39 is 0 Å². The minimum atomic E-state index is -0.157. The van der Waals surface area contributed by atoms with Crippen LogP contribution in [0.4, 0.5) is 0 Å². The maximum Gasteiger partial charge on any atom is 0.251 e. The third kappa shape index (κ3) is 3.13. The molecule has 1 atom stereocenters. The molecule has 1 unspecified atom stereocenters. The van der Waals surface area contributed by atoms with Crippen molar-refractivity contribution in [2.24, 2.45) is 0 Å². The van der Waals surface area contributed by atoms with Crippen LogP contribution in [0.15, 0.2) is 36.4 Å². The molecule has 0 aliphatic carbocycles. The third-order valence-corrected chi connectivity index (χ3v) is 4.50. The van der Waals surface area contributed by atoms with Gasteiger partial charge in [0.05, 0.1) is 6.04 Å². The summed E-state index contributed by atoms with van der Waals surface area (Å²) in [6.07, 6.45) is 0. The number of hydrogen-bond acceptors (Lipinski definition) is 6. The Morgan fingerprint density at radius 2 is 1.58 bits per heavy atom. The Kier molecular flexibility index (Phi) is 4.30. The number of ether oxygens (including phenoxy) is 4. The molecule has 7 heteroatoms. The molecule has 0 radical (unpaired) electrons. The summed E-state index contributed by atoms with van der Waals surface area (Å²) in [7, 11) is 3.95. The van der Waals surface area contributed by atoms with Crippen molar-refractivity contribution in [2.45, 2.75) is 6.04 Å². The highest BCUT2D eigenvalue weighted by Crippen LogP contribution is 2.35. The second-order valence-corrected chi connectivity index (χ2v) is 6.37. The van der Waals surface area contributed by atoms with Crippen molar-refractivity contribution < 1.29 is 23.7 Å². The lowest BCUT2D eigenvalue weighted by Crippen LogP contribution is -2.34. The zero-order chi connectivity index (χ0) is 18.1. The summed E-state index contributed by atoms with van der Waals surface area (Å²) in [5, 5.41) is 2.99. The fourth-order valence-corrected chi connectivity index (χ4v) is 3.05. The first-order chi connectivity index (χ1) is 12.6. The van der Waals surface area contributed by atoms with Gasteiger partial charge in [0.2, 0.25) is 13.6 Å². The Morgan fingerprint density at radius 3 is 2.27 bits per heavy atom. The van der Waals surface area contributed by atoms with Crippen LogP contribution >= 0.6 is 0 Å². The number of fused-ring (bicyclic) bond motifs is 2. The predicted octanol–water partition coefficient (Wildman–Crippen LogP) is 2.18. The van der Waals surface area contributed by atoms with Gasteiger partial charge in [0.15, 0.2) is 23.0 Å². The largest absolute Gasteiger partial charge is 0.454 e. The molecule has 2 aromatic carbocycles. The van der Waals surface area contributed by atoms with Gasteiger partial charge in [-0.1, -0.05) is 6.07 Å². The summed E-state index contributed by atoms with van der Waals surface area (Å²) in [5.41, 5.74) is 1.59. The van der Waals surface area contributed by atoms with Crippen molar-refractivity contribution in [1.29, 1.82) is 0 Å². The van der Waals surface area contributed by atoms with Gasteiger partial charge in [0.1, 0.15) is 0 Å². The normalized spacial score (nSPS) is 15.2. The molecule has 0 fully saturated rings. The Hall–Kier alpha value is -2.93. The van der Waals surface area contributed by atoms with Crippen LogP contribution in [0.25, 0.3) is 0 Å². The van der Waals surface area contributed by atoms with Crippen molar-refractivity contribution in [2.75, 3.05) is 34.2 Å². The molecule has 4 rings (SSSR count). The van der Waals surface area contributed by atoms with Crippen LogP contribution < -0.4 is 24.3 Å².